The van der Waals surface area contributed by atoms with Crippen LogP contribution < -0.4 is 5.32 Å². The molecule has 1 aliphatic heterocycles. The number of nitrogens with one attached hydrogen (secondary N) is 1. The highest BCUT2D eigenvalue weighted by molar-refractivity contribution is 14.1. The van der Waals surface area contributed by atoms with Crippen LogP contribution >= 0.6 is 22.6 Å². The number of hydrogen-bond donors (Lipinski definition) is 2. The molecule has 3 rings (SSSR count). The molecule has 2 aromatic rings. The Morgan fingerprint density at radius 3 is 2.32 bits per heavy atom. The number of likely N-dealkylation sites (tertiary alicyclic amines) is 1. The van der Waals surface area contributed by atoms with Crippen LogP contribution in [0, 0.1) is 21.0 Å². The maximum Gasteiger partial charge on any atom is 0.420 e. The van der Waals surface area contributed by atoms with Gasteiger partial charge in [0.15, 0.2) is 17.2 Å². The topological polar surface area (TPSA) is 52.6 Å². The van der Waals surface area contributed by atoms with E-state index in [9.17, 15) is 36.2 Å². The molecule has 0 aromatic heterocycles. The Hall–Kier alpha value is -2.02. The molecule has 28 heavy (non-hydrogen) atoms. The van der Waals surface area contributed by atoms with Crippen molar-refractivity contribution in [1.29, 1.82) is 0 Å². The van der Waals surface area contributed by atoms with Crippen LogP contribution in [-0.4, -0.2) is 40.8 Å². The highest BCUT2D eigenvalue weighted by atomic mass is 127. The Labute approximate surface area is 168 Å². The van der Waals surface area contributed by atoms with E-state index in [1.165, 1.54) is 12.1 Å². The molecule has 0 bridgehead atoms. The van der Waals surface area contributed by atoms with Crippen molar-refractivity contribution in [2.24, 2.45) is 0 Å². The number of alkyl halides is 3. The van der Waals surface area contributed by atoms with E-state index in [1.54, 1.807) is 0 Å². The van der Waals surface area contributed by atoms with Gasteiger partial charge in [0.05, 0.1) is 30.0 Å². The monoisotopic (exact) mass is 516 g/mol. The third kappa shape index (κ3) is 3.64. The molecule has 0 spiro atoms. The first-order valence-corrected chi connectivity index (χ1v) is 8.79. The molecule has 1 saturated heterocycles. The van der Waals surface area contributed by atoms with E-state index in [-0.39, 0.29) is 5.69 Å². The van der Waals surface area contributed by atoms with Gasteiger partial charge in [0.1, 0.15) is 5.82 Å². The van der Waals surface area contributed by atoms with E-state index in [2.05, 4.69) is 5.32 Å². The van der Waals surface area contributed by atoms with Gasteiger partial charge in [-0.25, -0.2) is 13.2 Å². The van der Waals surface area contributed by atoms with Gasteiger partial charge >= 0.3 is 6.18 Å². The molecule has 2 N–H and O–H groups in total. The molecule has 11 heteroatoms. The Morgan fingerprint density at radius 1 is 1.11 bits per heavy atom. The lowest BCUT2D eigenvalue weighted by atomic mass is 9.92. The Kier molecular flexibility index (Phi) is 5.25. The first kappa shape index (κ1) is 20.7. The van der Waals surface area contributed by atoms with Crippen molar-refractivity contribution >= 4 is 39.9 Å². The van der Waals surface area contributed by atoms with Gasteiger partial charge in [0.25, 0.3) is 5.91 Å². The quantitative estimate of drug-likeness (QED) is 0.476. The predicted octanol–water partition coefficient (Wildman–Crippen LogP) is 4.20. The Bertz CT molecular complexity index is 944. The van der Waals surface area contributed by atoms with Gasteiger partial charge in [-0.05, 0) is 52.9 Å². The molecule has 0 unspecified atom stereocenters. The second kappa shape index (κ2) is 7.10. The van der Waals surface area contributed by atoms with E-state index in [0.29, 0.717) is 14.5 Å². The van der Waals surface area contributed by atoms with Gasteiger partial charge in [0, 0.05) is 3.57 Å². The van der Waals surface area contributed by atoms with E-state index >= 15 is 0 Å². The lowest BCUT2D eigenvalue weighted by Gasteiger charge is -2.46. The lowest BCUT2D eigenvalue weighted by Crippen LogP contribution is -2.70. The van der Waals surface area contributed by atoms with Crippen LogP contribution in [0.25, 0.3) is 0 Å². The minimum atomic E-state index is -4.94. The minimum absolute atomic E-state index is 0.255. The molecule has 150 valence electrons. The summed E-state index contributed by atoms with van der Waals surface area (Å²) in [7, 11) is 0. The largest absolute Gasteiger partial charge is 0.420 e. The van der Waals surface area contributed by atoms with Crippen molar-refractivity contribution < 1.29 is 36.2 Å². The van der Waals surface area contributed by atoms with Crippen LogP contribution in [0.4, 0.5) is 37.7 Å². The van der Waals surface area contributed by atoms with Crippen LogP contribution in [0.2, 0.25) is 0 Å². The first-order chi connectivity index (χ1) is 12.9. The lowest BCUT2D eigenvalue weighted by molar-refractivity contribution is -0.294. The van der Waals surface area contributed by atoms with Gasteiger partial charge < -0.3 is 15.3 Å². The number of benzene rings is 2. The third-order valence-electron chi connectivity index (χ3n) is 4.24. The third-order valence-corrected chi connectivity index (χ3v) is 4.91. The normalized spacial score (nSPS) is 15.9. The highest BCUT2D eigenvalue weighted by Crippen LogP contribution is 2.39. The van der Waals surface area contributed by atoms with Crippen molar-refractivity contribution in [2.45, 2.75) is 11.8 Å². The van der Waals surface area contributed by atoms with Crippen molar-refractivity contribution in [3.05, 3.63) is 56.9 Å². The summed E-state index contributed by atoms with van der Waals surface area (Å²) < 4.78 is 80.7. The van der Waals surface area contributed by atoms with Crippen LogP contribution in [-0.2, 0) is 0 Å². The van der Waals surface area contributed by atoms with Crippen LogP contribution in [0.15, 0.2) is 30.3 Å². The van der Waals surface area contributed by atoms with Gasteiger partial charge in [-0.15, -0.1) is 0 Å². The number of carbonyl (C=O) groups is 1. The average molecular weight is 516 g/mol. The zero-order valence-corrected chi connectivity index (χ0v) is 15.9. The number of halogens is 7. The highest BCUT2D eigenvalue weighted by Gasteiger charge is 2.62. The fourth-order valence-electron chi connectivity index (χ4n) is 2.66. The summed E-state index contributed by atoms with van der Waals surface area (Å²) in [5.74, 6) is -4.69. The maximum atomic E-state index is 14.3. The number of anilines is 2. The smallest absolute Gasteiger partial charge is 0.378 e. The van der Waals surface area contributed by atoms with Gasteiger partial charge in [-0.2, -0.15) is 13.2 Å². The second-order valence-electron chi connectivity index (χ2n) is 6.22. The minimum Gasteiger partial charge on any atom is -0.378 e. The number of amides is 1. The molecule has 1 aliphatic rings. The van der Waals surface area contributed by atoms with Crippen molar-refractivity contribution in [1.82, 2.24) is 4.90 Å². The molecule has 0 saturated carbocycles. The van der Waals surface area contributed by atoms with Gasteiger partial charge in [0.2, 0.25) is 0 Å². The molecule has 1 fully saturated rings. The average Bonchev–Trinajstić information content (AvgIpc) is 2.56. The molecule has 0 atom stereocenters. The molecule has 0 aliphatic carbocycles. The summed E-state index contributed by atoms with van der Waals surface area (Å²) in [6.07, 6.45) is -4.94. The van der Waals surface area contributed by atoms with Crippen LogP contribution in [0.1, 0.15) is 10.4 Å². The number of hydrogen-bond acceptors (Lipinski definition) is 3. The fourth-order valence-corrected chi connectivity index (χ4v) is 3.11. The summed E-state index contributed by atoms with van der Waals surface area (Å²) in [5.41, 5.74) is -4.53. The predicted molar refractivity (Wildman–Crippen MR) is 95.7 cm³/mol. The summed E-state index contributed by atoms with van der Waals surface area (Å²) in [4.78, 5) is 13.1. The SMILES string of the molecule is O=C(c1ccc(F)c(F)c1Nc1ccc(I)cc1F)N1CC(O)(C(F)(F)F)C1. The van der Waals surface area contributed by atoms with E-state index in [4.69, 9.17) is 0 Å². The zero-order chi connectivity index (χ0) is 20.9. The summed E-state index contributed by atoms with van der Waals surface area (Å²) in [6, 6.07) is 5.33. The molecule has 1 amide bonds. The van der Waals surface area contributed by atoms with E-state index < -0.39 is 59.5 Å². The first-order valence-electron chi connectivity index (χ1n) is 7.71. The van der Waals surface area contributed by atoms with Crippen LogP contribution in [0.5, 0.6) is 0 Å². The van der Waals surface area contributed by atoms with Gasteiger partial charge in [-0.3, -0.25) is 4.79 Å². The number of aliphatic hydroxyl groups is 1. The molecular formula is C17H11F6IN2O2. The van der Waals surface area contributed by atoms with Crippen LogP contribution in [0.3, 0.4) is 0 Å². The Balaban J connectivity index is 1.92. The molecule has 1 heterocycles. The van der Waals surface area contributed by atoms with E-state index in [1.807, 2.05) is 22.6 Å². The Morgan fingerprint density at radius 2 is 1.75 bits per heavy atom. The number of nitrogens with zero attached hydrogens (tertiary/aromatic N) is 1. The maximum absolute atomic E-state index is 14.3. The number of rotatable bonds is 3. The van der Waals surface area contributed by atoms with Crippen molar-refractivity contribution in [2.75, 3.05) is 18.4 Å². The summed E-state index contributed by atoms with van der Waals surface area (Å²) >= 11 is 1.83. The zero-order valence-electron chi connectivity index (χ0n) is 13.7. The number of carbonyl (C=O) groups excluding carboxylic acids is 1. The second-order valence-corrected chi connectivity index (χ2v) is 7.47. The van der Waals surface area contributed by atoms with E-state index in [0.717, 1.165) is 12.1 Å². The molecular weight excluding hydrogens is 505 g/mol. The summed E-state index contributed by atoms with van der Waals surface area (Å²) in [6.45, 7) is -2.10. The molecule has 2 aromatic carbocycles. The van der Waals surface area contributed by atoms with Crippen molar-refractivity contribution in [3.8, 4) is 0 Å². The fraction of sp³-hybridized carbons (Fsp3) is 0.235. The van der Waals surface area contributed by atoms with Gasteiger partial charge in [-0.1, -0.05) is 0 Å². The molecule has 0 radical (unpaired) electrons. The standard InChI is InChI=1S/C17H11F6IN2O2/c18-10-3-2-9(15(27)26-6-16(28,7-26)17(21,22)23)14(13(10)20)25-12-4-1-8(24)5-11(12)19/h1-5,25,28H,6-7H2. The molecule has 4 nitrogen and oxygen atoms in total. The van der Waals surface area contributed by atoms with Crippen molar-refractivity contribution in [3.63, 3.8) is 0 Å². The number of β-amino-alcohol motifs (C(OH)–C–C–N with tert-alkyl or cyclic N) is 1. The summed E-state index contributed by atoms with van der Waals surface area (Å²) in [5, 5.41) is 11.7.